The van der Waals surface area contributed by atoms with Crippen molar-refractivity contribution in [3.8, 4) is 5.75 Å². The quantitative estimate of drug-likeness (QED) is 0.410. The Hall–Kier alpha value is -3.48. The Labute approximate surface area is 179 Å². The molecule has 160 valence electrons. The van der Waals surface area contributed by atoms with Crippen LogP contribution in [0.5, 0.6) is 5.75 Å². The molecule has 0 N–H and O–H groups in total. The van der Waals surface area contributed by atoms with E-state index in [1.807, 2.05) is 12.1 Å². The summed E-state index contributed by atoms with van der Waals surface area (Å²) in [7, 11) is 1.55. The van der Waals surface area contributed by atoms with Crippen LogP contribution in [-0.2, 0) is 16.0 Å². The number of para-hydroxylation sites is 1. The first kappa shape index (κ1) is 20.8. The van der Waals surface area contributed by atoms with Gasteiger partial charge in [0, 0.05) is 18.0 Å². The van der Waals surface area contributed by atoms with E-state index in [9.17, 15) is 14.4 Å². The van der Waals surface area contributed by atoms with Crippen LogP contribution in [0.1, 0.15) is 48.4 Å². The van der Waals surface area contributed by atoms with Crippen LogP contribution in [0.3, 0.4) is 0 Å². The van der Waals surface area contributed by atoms with Gasteiger partial charge in [-0.2, -0.15) is 0 Å². The molecule has 7 nitrogen and oxygen atoms in total. The van der Waals surface area contributed by atoms with Crippen LogP contribution >= 0.6 is 0 Å². The third-order valence-corrected chi connectivity index (χ3v) is 5.40. The highest BCUT2D eigenvalue weighted by Gasteiger charge is 2.28. The molecule has 0 amide bonds. The molecule has 1 aromatic heterocycles. The minimum absolute atomic E-state index is 0.0394. The van der Waals surface area contributed by atoms with Crippen molar-refractivity contribution in [3.05, 3.63) is 70.3 Å². The molecule has 1 unspecified atom stereocenters. The number of hydrogen-bond acceptors (Lipinski definition) is 6. The zero-order valence-corrected chi connectivity index (χ0v) is 17.5. The molecule has 31 heavy (non-hydrogen) atoms. The van der Waals surface area contributed by atoms with Gasteiger partial charge in [0.05, 0.1) is 24.4 Å². The number of ketones is 1. The summed E-state index contributed by atoms with van der Waals surface area (Å²) in [5.74, 6) is 0.442. The lowest BCUT2D eigenvalue weighted by molar-refractivity contribution is -0.146. The predicted octanol–water partition coefficient (Wildman–Crippen LogP) is 3.49. The van der Waals surface area contributed by atoms with E-state index < -0.39 is 12.1 Å². The fourth-order valence-corrected chi connectivity index (χ4v) is 3.59. The van der Waals surface area contributed by atoms with E-state index in [1.54, 1.807) is 55.0 Å². The number of carbonyl (C=O) groups excluding carboxylic acids is 2. The molecule has 0 saturated heterocycles. The van der Waals surface area contributed by atoms with Crippen LogP contribution < -0.4 is 10.3 Å². The first-order valence-corrected chi connectivity index (χ1v) is 10.4. The van der Waals surface area contributed by atoms with E-state index in [4.69, 9.17) is 9.47 Å². The van der Waals surface area contributed by atoms with Gasteiger partial charge in [-0.05, 0) is 56.2 Å². The van der Waals surface area contributed by atoms with Crippen molar-refractivity contribution in [2.45, 2.75) is 44.8 Å². The molecule has 1 aliphatic rings. The third kappa shape index (κ3) is 4.50. The Balaban J connectivity index is 1.43. The number of rotatable bonds is 8. The van der Waals surface area contributed by atoms with Crippen LogP contribution in [-0.4, -0.2) is 34.5 Å². The van der Waals surface area contributed by atoms with Gasteiger partial charge in [0.25, 0.3) is 5.56 Å². The van der Waals surface area contributed by atoms with Crippen LogP contribution in [0, 0.1) is 0 Å². The number of Topliss-reactive ketones (excluding diaryl/α,β-unsaturated/α-hetero) is 1. The Morgan fingerprint density at radius 1 is 1.13 bits per heavy atom. The largest absolute Gasteiger partial charge is 0.497 e. The second-order valence-electron chi connectivity index (χ2n) is 7.68. The smallest absolute Gasteiger partial charge is 0.306 e. The predicted molar refractivity (Wildman–Crippen MR) is 115 cm³/mol. The summed E-state index contributed by atoms with van der Waals surface area (Å²) in [5, 5.41) is 0.583. The van der Waals surface area contributed by atoms with Crippen LogP contribution in [0.15, 0.2) is 53.3 Å². The Morgan fingerprint density at radius 2 is 1.84 bits per heavy atom. The van der Waals surface area contributed by atoms with Crippen molar-refractivity contribution < 1.29 is 19.1 Å². The summed E-state index contributed by atoms with van der Waals surface area (Å²) in [6, 6.07) is 14.0. The number of aromatic nitrogens is 2. The van der Waals surface area contributed by atoms with Crippen LogP contribution in [0.25, 0.3) is 10.9 Å². The molecule has 0 radical (unpaired) electrons. The van der Waals surface area contributed by atoms with E-state index >= 15 is 0 Å². The van der Waals surface area contributed by atoms with Gasteiger partial charge < -0.3 is 9.47 Å². The topological polar surface area (TPSA) is 87.5 Å². The average molecular weight is 420 g/mol. The molecular weight excluding hydrogens is 396 g/mol. The van der Waals surface area contributed by atoms with Gasteiger partial charge in [0.1, 0.15) is 11.6 Å². The number of ether oxygens (including phenoxy) is 2. The van der Waals surface area contributed by atoms with Gasteiger partial charge in [0.15, 0.2) is 6.10 Å². The third-order valence-electron chi connectivity index (χ3n) is 5.40. The molecule has 4 rings (SSSR count). The maximum absolute atomic E-state index is 12.9. The van der Waals surface area contributed by atoms with Crippen molar-refractivity contribution in [1.29, 1.82) is 0 Å². The number of carbonyl (C=O) groups is 2. The Morgan fingerprint density at radius 3 is 2.52 bits per heavy atom. The molecule has 1 saturated carbocycles. The molecule has 1 atom stereocenters. The highest BCUT2D eigenvalue weighted by atomic mass is 16.5. The highest BCUT2D eigenvalue weighted by molar-refractivity contribution is 6.00. The molecule has 0 aliphatic heterocycles. The van der Waals surface area contributed by atoms with E-state index in [1.165, 1.54) is 0 Å². The molecule has 1 aliphatic carbocycles. The second kappa shape index (κ2) is 8.71. The van der Waals surface area contributed by atoms with E-state index in [0.717, 1.165) is 12.8 Å². The number of aryl methyl sites for hydroxylation is 1. The zero-order valence-electron chi connectivity index (χ0n) is 17.5. The van der Waals surface area contributed by atoms with Gasteiger partial charge in [0.2, 0.25) is 5.78 Å². The summed E-state index contributed by atoms with van der Waals surface area (Å²) in [6.45, 7) is 1.55. The van der Waals surface area contributed by atoms with Crippen molar-refractivity contribution in [1.82, 2.24) is 9.55 Å². The number of fused-ring (bicyclic) bond motifs is 1. The molecule has 0 spiro atoms. The monoisotopic (exact) mass is 420 g/mol. The first-order valence-electron chi connectivity index (χ1n) is 10.4. The van der Waals surface area contributed by atoms with Gasteiger partial charge in [-0.3, -0.25) is 19.0 Å². The number of esters is 1. The van der Waals surface area contributed by atoms with Crippen LogP contribution in [0.4, 0.5) is 0 Å². The second-order valence-corrected chi connectivity index (χ2v) is 7.68. The minimum atomic E-state index is -0.906. The van der Waals surface area contributed by atoms with E-state index in [2.05, 4.69) is 4.98 Å². The summed E-state index contributed by atoms with van der Waals surface area (Å²) >= 11 is 0. The summed E-state index contributed by atoms with van der Waals surface area (Å²) in [6.07, 6.45) is 1.28. The van der Waals surface area contributed by atoms with Crippen molar-refractivity contribution in [2.24, 2.45) is 0 Å². The molecule has 0 bridgehead atoms. The minimum Gasteiger partial charge on any atom is -0.497 e. The highest BCUT2D eigenvalue weighted by Crippen LogP contribution is 2.35. The van der Waals surface area contributed by atoms with E-state index in [0.29, 0.717) is 28.0 Å². The zero-order chi connectivity index (χ0) is 22.0. The SMILES string of the molecule is COc1ccc(C(=O)C(C)OC(=O)CCc2nc3ccccc3c(=O)n2C2CC2)cc1. The standard InChI is InChI=1S/C24H24N2O5/c1-15(23(28)16-7-11-18(30-2)12-8-16)31-22(27)14-13-21-25-20-6-4-3-5-19(20)24(29)26(21)17-9-10-17/h3-8,11-12,15,17H,9-10,13-14H2,1-2H3. The summed E-state index contributed by atoms with van der Waals surface area (Å²) in [4.78, 5) is 42.4. The fraction of sp³-hybridized carbons (Fsp3) is 0.333. The van der Waals surface area contributed by atoms with Crippen molar-refractivity contribution >= 4 is 22.7 Å². The number of hydrogen-bond donors (Lipinski definition) is 0. The molecule has 2 aromatic carbocycles. The molecule has 3 aromatic rings. The number of nitrogens with zero attached hydrogens (tertiary/aromatic N) is 2. The molecule has 1 heterocycles. The number of methoxy groups -OCH3 is 1. The Kier molecular flexibility index (Phi) is 5.84. The maximum Gasteiger partial charge on any atom is 0.306 e. The van der Waals surface area contributed by atoms with E-state index in [-0.39, 0.29) is 30.2 Å². The van der Waals surface area contributed by atoms with Gasteiger partial charge in [-0.15, -0.1) is 0 Å². The lowest BCUT2D eigenvalue weighted by atomic mass is 10.1. The fourth-order valence-electron chi connectivity index (χ4n) is 3.59. The lowest BCUT2D eigenvalue weighted by Crippen LogP contribution is -2.27. The molecule has 1 fully saturated rings. The first-order chi connectivity index (χ1) is 15.0. The summed E-state index contributed by atoms with van der Waals surface area (Å²) < 4.78 is 12.1. The van der Waals surface area contributed by atoms with Gasteiger partial charge in [-0.1, -0.05) is 12.1 Å². The molecule has 7 heteroatoms. The Bertz CT molecular complexity index is 1180. The summed E-state index contributed by atoms with van der Waals surface area (Å²) in [5.41, 5.74) is 0.996. The van der Waals surface area contributed by atoms with Gasteiger partial charge >= 0.3 is 5.97 Å². The maximum atomic E-state index is 12.9. The van der Waals surface area contributed by atoms with Crippen LogP contribution in [0.2, 0.25) is 0 Å². The van der Waals surface area contributed by atoms with Crippen molar-refractivity contribution in [3.63, 3.8) is 0 Å². The van der Waals surface area contributed by atoms with Crippen molar-refractivity contribution in [2.75, 3.05) is 7.11 Å². The normalized spacial score (nSPS) is 14.3. The van der Waals surface area contributed by atoms with Gasteiger partial charge in [-0.25, -0.2) is 4.98 Å². The lowest BCUT2D eigenvalue weighted by Gasteiger charge is -2.14. The number of benzene rings is 2. The molecular formula is C24H24N2O5. The average Bonchev–Trinajstić information content (AvgIpc) is 3.62.